The number of nitrogens with one attached hydrogen (secondary N) is 1. The Morgan fingerprint density at radius 1 is 0.750 bits per heavy atom. The molecule has 5 aromatic rings. The van der Waals surface area contributed by atoms with Gasteiger partial charge in [0.2, 0.25) is 0 Å². The molecule has 0 amide bonds. The van der Waals surface area contributed by atoms with Crippen molar-refractivity contribution >= 4 is 23.2 Å². The number of imidazole rings is 1. The van der Waals surface area contributed by atoms with Crippen LogP contribution in [-0.4, -0.2) is 19.7 Å². The highest BCUT2D eigenvalue weighted by atomic mass is 15.3. The van der Waals surface area contributed by atoms with E-state index in [-0.39, 0.29) is 0 Å². The van der Waals surface area contributed by atoms with Crippen LogP contribution < -0.4 is 0 Å². The van der Waals surface area contributed by atoms with Crippen molar-refractivity contribution in [3.8, 4) is 17.2 Å². The molecule has 0 saturated carbocycles. The summed E-state index contributed by atoms with van der Waals surface area (Å²) < 4.78 is 1.93. The number of nitrogens with zero attached hydrogens (tertiary/aromatic N) is 3. The third-order valence-electron chi connectivity index (χ3n) is 4.61. The molecule has 0 aliphatic carbocycles. The molecule has 0 unspecified atom stereocenters. The van der Waals surface area contributed by atoms with Crippen LogP contribution in [0.5, 0.6) is 0 Å². The van der Waals surface area contributed by atoms with Crippen LogP contribution >= 0.6 is 0 Å². The van der Waals surface area contributed by atoms with Crippen molar-refractivity contribution in [3.05, 3.63) is 102 Å². The second kappa shape index (κ2) is 7.00. The summed E-state index contributed by atoms with van der Waals surface area (Å²) in [7, 11) is 0. The number of hydrogen-bond donors (Lipinski definition) is 1. The lowest BCUT2D eigenvalue weighted by Crippen LogP contribution is -1.99. The van der Waals surface area contributed by atoms with Gasteiger partial charge in [-0.25, -0.2) is 9.67 Å². The Balaban J connectivity index is 1.62. The molecule has 0 spiro atoms. The molecular formula is C24H18N4. The van der Waals surface area contributed by atoms with Crippen molar-refractivity contribution in [2.24, 2.45) is 0 Å². The maximum atomic E-state index is 4.81. The van der Waals surface area contributed by atoms with E-state index >= 15 is 0 Å². The van der Waals surface area contributed by atoms with E-state index in [0.29, 0.717) is 0 Å². The van der Waals surface area contributed by atoms with E-state index in [4.69, 9.17) is 10.1 Å². The summed E-state index contributed by atoms with van der Waals surface area (Å²) in [6, 6.07) is 30.4. The van der Waals surface area contributed by atoms with Gasteiger partial charge in [-0.05, 0) is 42.0 Å². The van der Waals surface area contributed by atoms with Crippen molar-refractivity contribution in [1.29, 1.82) is 0 Å². The fraction of sp³-hybridized carbons (Fsp3) is 0. The Bertz CT molecular complexity index is 1210. The van der Waals surface area contributed by atoms with Crippen LogP contribution in [-0.2, 0) is 0 Å². The van der Waals surface area contributed by atoms with Gasteiger partial charge in [0.05, 0.1) is 22.4 Å². The van der Waals surface area contributed by atoms with Crippen LogP contribution in [0.2, 0.25) is 0 Å². The van der Waals surface area contributed by atoms with Gasteiger partial charge in [-0.1, -0.05) is 66.7 Å². The number of aromatic amines is 1. The topological polar surface area (TPSA) is 46.5 Å². The van der Waals surface area contributed by atoms with Gasteiger partial charge in [0.25, 0.3) is 0 Å². The molecule has 0 atom stereocenters. The molecule has 3 aromatic carbocycles. The number of H-pyrrole nitrogens is 1. The molecule has 2 heterocycles. The van der Waals surface area contributed by atoms with Gasteiger partial charge in [-0.3, -0.25) is 0 Å². The lowest BCUT2D eigenvalue weighted by atomic mass is 10.2. The minimum absolute atomic E-state index is 0.803. The zero-order valence-electron chi connectivity index (χ0n) is 15.2. The summed E-state index contributed by atoms with van der Waals surface area (Å²) in [6.07, 6.45) is 4.10. The first-order valence-electron chi connectivity index (χ1n) is 9.20. The van der Waals surface area contributed by atoms with Crippen LogP contribution in [0.3, 0.4) is 0 Å². The van der Waals surface area contributed by atoms with Crippen LogP contribution in [0.15, 0.2) is 91.0 Å². The molecule has 4 nitrogen and oxygen atoms in total. The maximum absolute atomic E-state index is 4.81. The van der Waals surface area contributed by atoms with Crippen molar-refractivity contribution < 1.29 is 0 Å². The minimum Gasteiger partial charge on any atom is -0.337 e. The molecule has 4 heteroatoms. The monoisotopic (exact) mass is 362 g/mol. The van der Waals surface area contributed by atoms with E-state index in [2.05, 4.69) is 29.3 Å². The molecule has 1 N–H and O–H groups in total. The summed E-state index contributed by atoms with van der Waals surface area (Å²) >= 11 is 0. The number of benzene rings is 3. The standard InChI is InChI=1S/C24H18N4/c1-3-9-18(10-4-1)15-16-19-17-23(28(27-19)20-11-5-2-6-12-20)24-25-21-13-7-8-14-22(21)26-24/h1-17H,(H,25,26)/b16-15+. The van der Waals surface area contributed by atoms with Crippen molar-refractivity contribution in [3.63, 3.8) is 0 Å². The molecule has 0 aliphatic rings. The van der Waals surface area contributed by atoms with Crippen LogP contribution in [0.4, 0.5) is 0 Å². The molecule has 2 aromatic heterocycles. The lowest BCUT2D eigenvalue weighted by molar-refractivity contribution is 0.877. The zero-order valence-corrected chi connectivity index (χ0v) is 15.2. The third-order valence-corrected chi connectivity index (χ3v) is 4.61. The predicted molar refractivity (Wildman–Crippen MR) is 114 cm³/mol. The summed E-state index contributed by atoms with van der Waals surface area (Å²) in [4.78, 5) is 8.17. The van der Waals surface area contributed by atoms with E-state index in [1.165, 1.54) is 0 Å². The average molecular weight is 362 g/mol. The Hall–Kier alpha value is -3.92. The minimum atomic E-state index is 0.803. The molecule has 0 saturated heterocycles. The second-order valence-electron chi connectivity index (χ2n) is 6.55. The first-order valence-corrected chi connectivity index (χ1v) is 9.20. The van der Waals surface area contributed by atoms with Crippen molar-refractivity contribution in [2.75, 3.05) is 0 Å². The summed E-state index contributed by atoms with van der Waals surface area (Å²) in [5, 5.41) is 4.81. The molecule has 0 radical (unpaired) electrons. The highest BCUT2D eigenvalue weighted by Crippen LogP contribution is 2.25. The second-order valence-corrected chi connectivity index (χ2v) is 6.55. The fourth-order valence-electron chi connectivity index (χ4n) is 3.24. The van der Waals surface area contributed by atoms with Crippen molar-refractivity contribution in [1.82, 2.24) is 19.7 Å². The molecule has 0 bridgehead atoms. The van der Waals surface area contributed by atoms with Gasteiger partial charge >= 0.3 is 0 Å². The summed E-state index contributed by atoms with van der Waals surface area (Å²) in [6.45, 7) is 0. The quantitative estimate of drug-likeness (QED) is 0.453. The van der Waals surface area contributed by atoms with E-state index < -0.39 is 0 Å². The fourth-order valence-corrected chi connectivity index (χ4v) is 3.24. The van der Waals surface area contributed by atoms with Crippen LogP contribution in [0.1, 0.15) is 11.3 Å². The van der Waals surface area contributed by atoms with Gasteiger partial charge in [0.1, 0.15) is 5.69 Å². The van der Waals surface area contributed by atoms with E-state index in [1.807, 2.05) is 83.6 Å². The molecular weight excluding hydrogens is 344 g/mol. The SMILES string of the molecule is C(=C\c1cc(-c2nc3ccccc3[nH]2)n(-c2ccccc2)n1)/c1ccccc1. The highest BCUT2D eigenvalue weighted by Gasteiger charge is 2.14. The third kappa shape index (κ3) is 3.12. The zero-order chi connectivity index (χ0) is 18.8. The predicted octanol–water partition coefficient (Wildman–Crippen LogP) is 5.59. The van der Waals surface area contributed by atoms with Crippen LogP contribution in [0.25, 0.3) is 40.4 Å². The Labute approximate surface area is 162 Å². The van der Waals surface area contributed by atoms with Crippen molar-refractivity contribution in [2.45, 2.75) is 0 Å². The number of hydrogen-bond acceptors (Lipinski definition) is 2. The number of para-hydroxylation sites is 3. The summed E-state index contributed by atoms with van der Waals surface area (Å²) in [5.74, 6) is 0.803. The molecule has 5 rings (SSSR count). The summed E-state index contributed by atoms with van der Waals surface area (Å²) in [5.41, 5.74) is 5.90. The Morgan fingerprint density at radius 3 is 2.25 bits per heavy atom. The van der Waals surface area contributed by atoms with Gasteiger partial charge in [0, 0.05) is 0 Å². The molecule has 28 heavy (non-hydrogen) atoms. The Kier molecular flexibility index (Phi) is 4.07. The molecule has 0 aliphatic heterocycles. The van der Waals surface area contributed by atoms with Crippen LogP contribution in [0, 0.1) is 0 Å². The number of rotatable bonds is 4. The number of aromatic nitrogens is 4. The maximum Gasteiger partial charge on any atom is 0.157 e. The largest absolute Gasteiger partial charge is 0.337 e. The first kappa shape index (κ1) is 16.3. The lowest BCUT2D eigenvalue weighted by Gasteiger charge is -2.04. The van der Waals surface area contributed by atoms with E-state index in [0.717, 1.165) is 39.5 Å². The first-order chi connectivity index (χ1) is 13.9. The smallest absolute Gasteiger partial charge is 0.157 e. The Morgan fingerprint density at radius 2 is 1.46 bits per heavy atom. The van der Waals surface area contributed by atoms with Gasteiger partial charge in [-0.2, -0.15) is 5.10 Å². The molecule has 134 valence electrons. The normalized spacial score (nSPS) is 11.4. The average Bonchev–Trinajstić information content (AvgIpc) is 3.38. The van der Waals surface area contributed by atoms with Gasteiger partial charge in [0.15, 0.2) is 5.82 Å². The van der Waals surface area contributed by atoms with Gasteiger partial charge in [-0.15, -0.1) is 0 Å². The van der Waals surface area contributed by atoms with E-state index in [1.54, 1.807) is 0 Å². The number of fused-ring (bicyclic) bond motifs is 1. The molecule has 0 fully saturated rings. The highest BCUT2D eigenvalue weighted by molar-refractivity contribution is 5.79. The van der Waals surface area contributed by atoms with Gasteiger partial charge < -0.3 is 4.98 Å². The van der Waals surface area contributed by atoms with E-state index in [9.17, 15) is 0 Å².